The molecule has 0 radical (unpaired) electrons. The van der Waals surface area contributed by atoms with Crippen LogP contribution in [0.3, 0.4) is 0 Å². The molecular formula is C21H22ClN3O3. The van der Waals surface area contributed by atoms with Crippen LogP contribution in [-0.4, -0.2) is 21.1 Å². The third kappa shape index (κ3) is 3.73. The Balaban J connectivity index is 2.28. The highest BCUT2D eigenvalue weighted by Crippen LogP contribution is 2.18. The van der Waals surface area contributed by atoms with E-state index in [-0.39, 0.29) is 23.5 Å². The van der Waals surface area contributed by atoms with Crippen molar-refractivity contribution in [2.45, 2.75) is 39.8 Å². The Kier molecular flexibility index (Phi) is 5.70. The van der Waals surface area contributed by atoms with Crippen molar-refractivity contribution in [1.29, 1.82) is 0 Å². The molecule has 0 saturated heterocycles. The van der Waals surface area contributed by atoms with E-state index in [0.717, 1.165) is 16.6 Å². The molecule has 6 nitrogen and oxygen atoms in total. The molecule has 2 aromatic carbocycles. The minimum absolute atomic E-state index is 0.00816. The average molecular weight is 400 g/mol. The zero-order valence-corrected chi connectivity index (χ0v) is 16.8. The van der Waals surface area contributed by atoms with Gasteiger partial charge in [0.1, 0.15) is 6.54 Å². The predicted molar refractivity (Wildman–Crippen MR) is 111 cm³/mol. The summed E-state index contributed by atoms with van der Waals surface area (Å²) in [7, 11) is 0. The van der Waals surface area contributed by atoms with E-state index in [9.17, 15) is 14.4 Å². The lowest BCUT2D eigenvalue weighted by Gasteiger charge is -2.16. The molecule has 0 aliphatic rings. The molecule has 7 heteroatoms. The summed E-state index contributed by atoms with van der Waals surface area (Å²) in [4.78, 5) is 38.8. The van der Waals surface area contributed by atoms with Crippen molar-refractivity contribution in [1.82, 2.24) is 14.5 Å². The smallest absolute Gasteiger partial charge is 0.336 e. The van der Waals surface area contributed by atoms with Gasteiger partial charge in [-0.25, -0.2) is 9.36 Å². The number of halogens is 1. The predicted octanol–water partition coefficient (Wildman–Crippen LogP) is 3.03. The van der Waals surface area contributed by atoms with Crippen LogP contribution in [0.5, 0.6) is 0 Å². The Morgan fingerprint density at radius 1 is 1.18 bits per heavy atom. The number of hydrogen-bond donors (Lipinski definition) is 1. The minimum Gasteiger partial charge on any atom is -0.352 e. The Labute approximate surface area is 167 Å². The van der Waals surface area contributed by atoms with Crippen molar-refractivity contribution in [3.05, 3.63) is 73.9 Å². The molecule has 0 saturated carbocycles. The van der Waals surface area contributed by atoms with Gasteiger partial charge in [0.15, 0.2) is 0 Å². The summed E-state index contributed by atoms with van der Waals surface area (Å²) in [6, 6.07) is 11.9. The molecule has 0 aliphatic heterocycles. The van der Waals surface area contributed by atoms with E-state index in [2.05, 4.69) is 5.32 Å². The first-order chi connectivity index (χ1) is 13.3. The van der Waals surface area contributed by atoms with Crippen LogP contribution in [0.2, 0.25) is 5.02 Å². The van der Waals surface area contributed by atoms with Gasteiger partial charge in [0, 0.05) is 6.04 Å². The minimum atomic E-state index is -0.603. The lowest BCUT2D eigenvalue weighted by Crippen LogP contribution is -2.43. The number of aryl methyl sites for hydroxylation is 1. The number of amides is 1. The molecule has 0 spiro atoms. The fourth-order valence-corrected chi connectivity index (χ4v) is 3.27. The molecule has 1 heterocycles. The van der Waals surface area contributed by atoms with Gasteiger partial charge >= 0.3 is 5.69 Å². The van der Waals surface area contributed by atoms with Gasteiger partial charge in [-0.2, -0.15) is 0 Å². The Morgan fingerprint density at radius 3 is 2.57 bits per heavy atom. The van der Waals surface area contributed by atoms with E-state index >= 15 is 0 Å². The highest BCUT2D eigenvalue weighted by Gasteiger charge is 2.18. The third-order valence-electron chi connectivity index (χ3n) is 4.71. The molecular weight excluding hydrogens is 378 g/mol. The number of para-hydroxylation sites is 1. The second kappa shape index (κ2) is 8.02. The lowest BCUT2D eigenvalue weighted by atomic mass is 10.1. The van der Waals surface area contributed by atoms with Crippen LogP contribution < -0.4 is 16.6 Å². The molecule has 146 valence electrons. The van der Waals surface area contributed by atoms with Gasteiger partial charge in [-0.15, -0.1) is 0 Å². The molecule has 1 aromatic heterocycles. The van der Waals surface area contributed by atoms with Crippen molar-refractivity contribution in [3.8, 4) is 5.69 Å². The first-order valence-corrected chi connectivity index (χ1v) is 9.51. The first-order valence-electron chi connectivity index (χ1n) is 9.14. The fourth-order valence-electron chi connectivity index (χ4n) is 3.05. The van der Waals surface area contributed by atoms with E-state index < -0.39 is 11.2 Å². The van der Waals surface area contributed by atoms with Crippen molar-refractivity contribution in [2.24, 2.45) is 0 Å². The standard InChI is InChI=1S/C21H22ClN3O3/c1-4-14(3)23-19(26)12-24-17-10-9-13(2)11-15(17)20(27)25(21(24)28)18-8-6-5-7-16(18)22/h5-11,14H,4,12H2,1-3H3,(H,23,26). The van der Waals surface area contributed by atoms with Crippen LogP contribution in [0.4, 0.5) is 0 Å². The second-order valence-corrected chi connectivity index (χ2v) is 7.27. The summed E-state index contributed by atoms with van der Waals surface area (Å²) in [5, 5.41) is 3.49. The summed E-state index contributed by atoms with van der Waals surface area (Å²) in [5.74, 6) is -0.289. The maximum Gasteiger partial charge on any atom is 0.336 e. The molecule has 1 amide bonds. The number of benzene rings is 2. The van der Waals surface area contributed by atoms with Gasteiger partial charge in [0.2, 0.25) is 5.91 Å². The topological polar surface area (TPSA) is 73.1 Å². The van der Waals surface area contributed by atoms with Crippen molar-refractivity contribution >= 4 is 28.4 Å². The number of aromatic nitrogens is 2. The Bertz CT molecular complexity index is 1160. The summed E-state index contributed by atoms with van der Waals surface area (Å²) < 4.78 is 2.35. The number of fused-ring (bicyclic) bond motifs is 1. The second-order valence-electron chi connectivity index (χ2n) is 6.86. The zero-order valence-electron chi connectivity index (χ0n) is 16.0. The maximum atomic E-state index is 13.2. The SMILES string of the molecule is CCC(C)NC(=O)Cn1c(=O)n(-c2ccccc2Cl)c(=O)c2cc(C)ccc21. The van der Waals surface area contributed by atoms with Crippen LogP contribution in [0, 0.1) is 6.92 Å². The highest BCUT2D eigenvalue weighted by molar-refractivity contribution is 6.32. The molecule has 28 heavy (non-hydrogen) atoms. The Morgan fingerprint density at radius 2 is 1.89 bits per heavy atom. The largest absolute Gasteiger partial charge is 0.352 e. The third-order valence-corrected chi connectivity index (χ3v) is 5.03. The van der Waals surface area contributed by atoms with Crippen molar-refractivity contribution in [2.75, 3.05) is 0 Å². The zero-order chi connectivity index (χ0) is 20.4. The summed E-state index contributed by atoms with van der Waals surface area (Å²) in [6.07, 6.45) is 0.777. The van der Waals surface area contributed by atoms with Gasteiger partial charge in [0.05, 0.1) is 21.6 Å². The van der Waals surface area contributed by atoms with Gasteiger partial charge in [-0.1, -0.05) is 42.3 Å². The molecule has 3 aromatic rings. The lowest BCUT2D eigenvalue weighted by molar-refractivity contribution is -0.122. The van der Waals surface area contributed by atoms with Crippen LogP contribution in [-0.2, 0) is 11.3 Å². The number of nitrogens with zero attached hydrogens (tertiary/aromatic N) is 2. The van der Waals surface area contributed by atoms with E-state index in [1.807, 2.05) is 26.8 Å². The van der Waals surface area contributed by atoms with E-state index in [0.29, 0.717) is 16.6 Å². The monoisotopic (exact) mass is 399 g/mol. The van der Waals surface area contributed by atoms with Gasteiger partial charge in [0.25, 0.3) is 5.56 Å². The number of carbonyl (C=O) groups excluding carboxylic acids is 1. The molecule has 1 atom stereocenters. The number of rotatable bonds is 5. The molecule has 1 N–H and O–H groups in total. The molecule has 0 fully saturated rings. The molecule has 3 rings (SSSR count). The molecule has 0 aliphatic carbocycles. The fraction of sp³-hybridized carbons (Fsp3) is 0.286. The van der Waals surface area contributed by atoms with E-state index in [4.69, 9.17) is 11.6 Å². The van der Waals surface area contributed by atoms with Crippen LogP contribution in [0.1, 0.15) is 25.8 Å². The first kappa shape index (κ1) is 19.9. The molecule has 0 bridgehead atoms. The summed E-state index contributed by atoms with van der Waals surface area (Å²) in [6.45, 7) is 5.54. The average Bonchev–Trinajstić information content (AvgIpc) is 2.66. The summed E-state index contributed by atoms with van der Waals surface area (Å²) >= 11 is 6.24. The number of carbonyl (C=O) groups is 1. The van der Waals surface area contributed by atoms with Crippen LogP contribution in [0.25, 0.3) is 16.6 Å². The van der Waals surface area contributed by atoms with Crippen LogP contribution in [0.15, 0.2) is 52.1 Å². The summed E-state index contributed by atoms with van der Waals surface area (Å²) in [5.41, 5.74) is 0.524. The van der Waals surface area contributed by atoms with Gasteiger partial charge in [-0.3, -0.25) is 14.2 Å². The number of hydrogen-bond acceptors (Lipinski definition) is 3. The normalized spacial score (nSPS) is 12.1. The van der Waals surface area contributed by atoms with Crippen molar-refractivity contribution < 1.29 is 4.79 Å². The quantitative estimate of drug-likeness (QED) is 0.716. The highest BCUT2D eigenvalue weighted by atomic mass is 35.5. The molecule has 1 unspecified atom stereocenters. The van der Waals surface area contributed by atoms with E-state index in [1.165, 1.54) is 4.57 Å². The van der Waals surface area contributed by atoms with Crippen molar-refractivity contribution in [3.63, 3.8) is 0 Å². The van der Waals surface area contributed by atoms with Gasteiger partial charge < -0.3 is 5.32 Å². The van der Waals surface area contributed by atoms with Gasteiger partial charge in [-0.05, 0) is 44.5 Å². The number of nitrogens with one attached hydrogen (secondary N) is 1. The maximum absolute atomic E-state index is 13.2. The van der Waals surface area contributed by atoms with Crippen LogP contribution >= 0.6 is 11.6 Å². The van der Waals surface area contributed by atoms with E-state index in [1.54, 1.807) is 36.4 Å². The Hall–Kier alpha value is -2.86.